The van der Waals surface area contributed by atoms with E-state index in [1.807, 2.05) is 18.3 Å². The molecule has 92 valence electrons. The van der Waals surface area contributed by atoms with E-state index in [2.05, 4.69) is 35.3 Å². The number of hydrogen-bond acceptors (Lipinski definition) is 2. The van der Waals surface area contributed by atoms with Crippen molar-refractivity contribution in [3.05, 3.63) is 65.5 Å². The monoisotopic (exact) mass is 238 g/mol. The van der Waals surface area contributed by atoms with Crippen LogP contribution in [0.15, 0.2) is 48.7 Å². The molecule has 2 heteroatoms. The number of nitrogens with two attached hydrogens (primary N) is 1. The SMILES string of the molecule is NCC1(c2cccc(Cc3ccccn3)c2)CC1. The average molecular weight is 238 g/mol. The van der Waals surface area contributed by atoms with Crippen molar-refractivity contribution in [3.63, 3.8) is 0 Å². The van der Waals surface area contributed by atoms with Crippen LogP contribution in [-0.2, 0) is 11.8 Å². The van der Waals surface area contributed by atoms with Crippen molar-refractivity contribution in [2.24, 2.45) is 5.73 Å². The minimum Gasteiger partial charge on any atom is -0.330 e. The Kier molecular flexibility index (Phi) is 2.88. The van der Waals surface area contributed by atoms with E-state index in [-0.39, 0.29) is 5.41 Å². The van der Waals surface area contributed by atoms with Gasteiger partial charge in [0.1, 0.15) is 0 Å². The molecule has 0 aliphatic heterocycles. The van der Waals surface area contributed by atoms with Crippen molar-refractivity contribution in [1.29, 1.82) is 0 Å². The van der Waals surface area contributed by atoms with Gasteiger partial charge < -0.3 is 5.73 Å². The first-order valence-electron chi connectivity index (χ1n) is 6.52. The topological polar surface area (TPSA) is 38.9 Å². The minimum atomic E-state index is 0.278. The maximum Gasteiger partial charge on any atom is 0.0447 e. The Labute approximate surface area is 108 Å². The maximum absolute atomic E-state index is 5.89. The lowest BCUT2D eigenvalue weighted by Crippen LogP contribution is -2.19. The van der Waals surface area contributed by atoms with Gasteiger partial charge in [0.15, 0.2) is 0 Å². The molecule has 0 radical (unpaired) electrons. The Morgan fingerprint density at radius 2 is 2.00 bits per heavy atom. The molecule has 0 amide bonds. The highest BCUT2D eigenvalue weighted by Crippen LogP contribution is 2.47. The van der Waals surface area contributed by atoms with Crippen molar-refractivity contribution in [3.8, 4) is 0 Å². The average Bonchev–Trinajstić information content (AvgIpc) is 3.21. The third-order valence-corrected chi connectivity index (χ3v) is 3.90. The molecule has 1 saturated carbocycles. The van der Waals surface area contributed by atoms with Gasteiger partial charge in [0, 0.05) is 30.3 Å². The largest absolute Gasteiger partial charge is 0.330 e. The summed E-state index contributed by atoms with van der Waals surface area (Å²) in [6.45, 7) is 0.764. The van der Waals surface area contributed by atoms with Gasteiger partial charge in [-0.3, -0.25) is 4.98 Å². The van der Waals surface area contributed by atoms with Crippen LogP contribution in [0.5, 0.6) is 0 Å². The Hall–Kier alpha value is -1.67. The second kappa shape index (κ2) is 4.54. The molecule has 1 aromatic carbocycles. The van der Waals surface area contributed by atoms with E-state index in [1.54, 1.807) is 0 Å². The first kappa shape index (κ1) is 11.4. The fourth-order valence-electron chi connectivity index (χ4n) is 2.48. The van der Waals surface area contributed by atoms with E-state index >= 15 is 0 Å². The number of aromatic nitrogens is 1. The van der Waals surface area contributed by atoms with Gasteiger partial charge in [-0.05, 0) is 36.1 Å². The van der Waals surface area contributed by atoms with Crippen LogP contribution in [-0.4, -0.2) is 11.5 Å². The molecule has 18 heavy (non-hydrogen) atoms. The van der Waals surface area contributed by atoms with Crippen LogP contribution in [0.2, 0.25) is 0 Å². The smallest absolute Gasteiger partial charge is 0.0447 e. The van der Waals surface area contributed by atoms with Gasteiger partial charge in [0.25, 0.3) is 0 Å². The van der Waals surface area contributed by atoms with Gasteiger partial charge in [-0.25, -0.2) is 0 Å². The number of rotatable bonds is 4. The molecule has 1 fully saturated rings. The zero-order valence-corrected chi connectivity index (χ0v) is 10.5. The van der Waals surface area contributed by atoms with Gasteiger partial charge in [-0.1, -0.05) is 30.3 Å². The van der Waals surface area contributed by atoms with E-state index in [4.69, 9.17) is 5.73 Å². The van der Waals surface area contributed by atoms with Gasteiger partial charge >= 0.3 is 0 Å². The number of benzene rings is 1. The lowest BCUT2D eigenvalue weighted by molar-refractivity contribution is 0.703. The molecule has 1 aliphatic carbocycles. The third-order valence-electron chi connectivity index (χ3n) is 3.90. The van der Waals surface area contributed by atoms with Crippen LogP contribution < -0.4 is 5.73 Å². The molecule has 1 aliphatic rings. The Balaban J connectivity index is 1.84. The summed E-state index contributed by atoms with van der Waals surface area (Å²) in [5, 5.41) is 0. The summed E-state index contributed by atoms with van der Waals surface area (Å²) in [6.07, 6.45) is 5.21. The Bertz CT molecular complexity index is 530. The van der Waals surface area contributed by atoms with Crippen molar-refractivity contribution in [1.82, 2.24) is 4.98 Å². The summed E-state index contributed by atoms with van der Waals surface area (Å²) in [6, 6.07) is 14.9. The summed E-state index contributed by atoms with van der Waals surface area (Å²) in [4.78, 5) is 4.38. The highest BCUT2D eigenvalue weighted by molar-refractivity contribution is 5.36. The number of nitrogens with zero attached hydrogens (tertiary/aromatic N) is 1. The van der Waals surface area contributed by atoms with Gasteiger partial charge in [0.05, 0.1) is 0 Å². The summed E-state index contributed by atoms with van der Waals surface area (Å²) < 4.78 is 0. The minimum absolute atomic E-state index is 0.278. The predicted octanol–water partition coefficient (Wildman–Crippen LogP) is 2.66. The lowest BCUT2D eigenvalue weighted by Gasteiger charge is -2.14. The normalized spacial score (nSPS) is 16.5. The maximum atomic E-state index is 5.89. The first-order chi connectivity index (χ1) is 8.82. The first-order valence-corrected chi connectivity index (χ1v) is 6.52. The molecule has 2 aromatic rings. The second-order valence-electron chi connectivity index (χ2n) is 5.18. The lowest BCUT2D eigenvalue weighted by atomic mass is 9.93. The molecular weight excluding hydrogens is 220 g/mol. The van der Waals surface area contributed by atoms with E-state index in [0.29, 0.717) is 0 Å². The fraction of sp³-hybridized carbons (Fsp3) is 0.312. The summed E-state index contributed by atoms with van der Waals surface area (Å²) in [5.74, 6) is 0. The van der Waals surface area contributed by atoms with E-state index in [1.165, 1.54) is 24.0 Å². The molecule has 1 heterocycles. The molecule has 2 N–H and O–H groups in total. The molecule has 0 bridgehead atoms. The van der Waals surface area contributed by atoms with Crippen molar-refractivity contribution in [2.75, 3.05) is 6.54 Å². The zero-order chi connectivity index (χ0) is 12.4. The molecule has 3 rings (SSSR count). The van der Waals surface area contributed by atoms with Gasteiger partial charge in [0.2, 0.25) is 0 Å². The molecule has 0 unspecified atom stereocenters. The van der Waals surface area contributed by atoms with Crippen LogP contribution in [0.1, 0.15) is 29.7 Å². The van der Waals surface area contributed by atoms with Crippen molar-refractivity contribution >= 4 is 0 Å². The summed E-state index contributed by atoms with van der Waals surface area (Å²) >= 11 is 0. The van der Waals surface area contributed by atoms with Gasteiger partial charge in [-0.2, -0.15) is 0 Å². The molecule has 2 nitrogen and oxygen atoms in total. The second-order valence-corrected chi connectivity index (χ2v) is 5.18. The van der Waals surface area contributed by atoms with Gasteiger partial charge in [-0.15, -0.1) is 0 Å². The van der Waals surface area contributed by atoms with E-state index < -0.39 is 0 Å². The van der Waals surface area contributed by atoms with Crippen LogP contribution in [0, 0.1) is 0 Å². The highest BCUT2D eigenvalue weighted by atomic mass is 14.7. The Morgan fingerprint density at radius 1 is 1.11 bits per heavy atom. The van der Waals surface area contributed by atoms with E-state index in [9.17, 15) is 0 Å². The van der Waals surface area contributed by atoms with Crippen LogP contribution in [0.4, 0.5) is 0 Å². The van der Waals surface area contributed by atoms with Crippen LogP contribution in [0.3, 0.4) is 0 Å². The standard InChI is InChI=1S/C16H18N2/c17-12-16(7-8-16)14-5-3-4-13(10-14)11-15-6-1-2-9-18-15/h1-6,9-10H,7-8,11-12,17H2. The molecule has 1 aromatic heterocycles. The summed E-state index contributed by atoms with van der Waals surface area (Å²) in [7, 11) is 0. The highest BCUT2D eigenvalue weighted by Gasteiger charge is 2.42. The third kappa shape index (κ3) is 2.16. The Morgan fingerprint density at radius 3 is 2.67 bits per heavy atom. The summed E-state index contributed by atoms with van der Waals surface area (Å²) in [5.41, 5.74) is 10.0. The molecule has 0 saturated heterocycles. The van der Waals surface area contributed by atoms with Crippen LogP contribution in [0.25, 0.3) is 0 Å². The molecular formula is C16H18N2. The van der Waals surface area contributed by atoms with Crippen molar-refractivity contribution in [2.45, 2.75) is 24.7 Å². The zero-order valence-electron chi connectivity index (χ0n) is 10.5. The predicted molar refractivity (Wildman–Crippen MR) is 73.5 cm³/mol. The number of hydrogen-bond donors (Lipinski definition) is 1. The number of pyridine rings is 1. The molecule has 0 spiro atoms. The van der Waals surface area contributed by atoms with Crippen molar-refractivity contribution < 1.29 is 0 Å². The molecule has 0 atom stereocenters. The quantitative estimate of drug-likeness (QED) is 0.889. The fourth-order valence-corrected chi connectivity index (χ4v) is 2.48. The van der Waals surface area contributed by atoms with E-state index in [0.717, 1.165) is 18.7 Å². The van der Waals surface area contributed by atoms with Crippen LogP contribution >= 0.6 is 0 Å².